The van der Waals surface area contributed by atoms with E-state index in [1.54, 1.807) is 12.3 Å². The van der Waals surface area contributed by atoms with E-state index in [1.165, 1.54) is 0 Å². The maximum absolute atomic E-state index is 8.89. The van der Waals surface area contributed by atoms with Crippen LogP contribution in [-0.4, -0.2) is 42.1 Å². The van der Waals surface area contributed by atoms with Crippen molar-refractivity contribution >= 4 is 5.82 Å². The number of rotatable bonds is 2. The van der Waals surface area contributed by atoms with Crippen LogP contribution in [0.3, 0.4) is 0 Å². The predicted molar refractivity (Wildman–Crippen MR) is 67.9 cm³/mol. The number of hydrogen-bond donors (Lipinski definition) is 0. The van der Waals surface area contributed by atoms with Crippen molar-refractivity contribution in [2.75, 3.05) is 31.1 Å². The summed E-state index contributed by atoms with van der Waals surface area (Å²) >= 11 is 0. The topological polar surface area (TPSA) is 43.2 Å². The van der Waals surface area contributed by atoms with Gasteiger partial charge in [0.1, 0.15) is 5.82 Å². The number of aromatic nitrogens is 1. The number of anilines is 1. The first-order valence-electron chi connectivity index (χ1n) is 6.09. The molecule has 1 aromatic heterocycles. The highest BCUT2D eigenvalue weighted by atomic mass is 15.3. The first kappa shape index (κ1) is 11.9. The Morgan fingerprint density at radius 2 is 2.35 bits per heavy atom. The van der Waals surface area contributed by atoms with Gasteiger partial charge in [-0.3, -0.25) is 4.90 Å². The molecule has 0 N–H and O–H groups in total. The van der Waals surface area contributed by atoms with Crippen LogP contribution in [0, 0.1) is 11.3 Å². The summed E-state index contributed by atoms with van der Waals surface area (Å²) in [7, 11) is 0. The molecule has 1 aliphatic heterocycles. The molecule has 90 valence electrons. The number of likely N-dealkylation sites (N-methyl/N-ethyl adjacent to an activating group) is 1. The molecule has 0 radical (unpaired) electrons. The van der Waals surface area contributed by atoms with Crippen molar-refractivity contribution in [1.82, 2.24) is 9.88 Å². The maximum atomic E-state index is 8.89. The van der Waals surface area contributed by atoms with Gasteiger partial charge in [0.05, 0.1) is 11.6 Å². The molecule has 1 aromatic rings. The van der Waals surface area contributed by atoms with E-state index in [9.17, 15) is 0 Å². The second-order valence-corrected chi connectivity index (χ2v) is 4.44. The summed E-state index contributed by atoms with van der Waals surface area (Å²) in [6.07, 6.45) is 1.71. The molecular formula is C13H18N4. The smallest absolute Gasteiger partial charge is 0.129 e. The van der Waals surface area contributed by atoms with Crippen molar-refractivity contribution < 1.29 is 0 Å². The van der Waals surface area contributed by atoms with Crippen LogP contribution in [0.4, 0.5) is 5.82 Å². The molecule has 0 spiro atoms. The van der Waals surface area contributed by atoms with Crippen molar-refractivity contribution in [1.29, 1.82) is 5.26 Å². The lowest BCUT2D eigenvalue weighted by molar-refractivity contribution is 0.199. The average molecular weight is 230 g/mol. The summed E-state index contributed by atoms with van der Waals surface area (Å²) < 4.78 is 0. The lowest BCUT2D eigenvalue weighted by atomic mass is 10.2. The van der Waals surface area contributed by atoms with Crippen LogP contribution >= 0.6 is 0 Å². The summed E-state index contributed by atoms with van der Waals surface area (Å²) in [5, 5.41) is 8.89. The molecule has 1 fully saturated rings. The standard InChI is InChI=1S/C13H18N4/c1-3-16-6-7-17(10-11(16)2)13-8-12(9-14)4-5-15-13/h4-5,8,11H,3,6-7,10H2,1-2H3. The summed E-state index contributed by atoms with van der Waals surface area (Å²) in [6.45, 7) is 8.57. The number of hydrogen-bond acceptors (Lipinski definition) is 4. The number of pyridine rings is 1. The van der Waals surface area contributed by atoms with Gasteiger partial charge in [-0.05, 0) is 25.6 Å². The Labute approximate surface area is 102 Å². The molecule has 2 rings (SSSR count). The summed E-state index contributed by atoms with van der Waals surface area (Å²) in [5.41, 5.74) is 0.681. The van der Waals surface area contributed by atoms with Crippen molar-refractivity contribution in [3.63, 3.8) is 0 Å². The third-order valence-electron chi connectivity index (χ3n) is 3.37. The van der Waals surface area contributed by atoms with Gasteiger partial charge >= 0.3 is 0 Å². The summed E-state index contributed by atoms with van der Waals surface area (Å²) in [4.78, 5) is 9.08. The fraction of sp³-hybridized carbons (Fsp3) is 0.538. The summed E-state index contributed by atoms with van der Waals surface area (Å²) in [6, 6.07) is 6.32. The van der Waals surface area contributed by atoms with Crippen LogP contribution < -0.4 is 4.90 Å². The molecular weight excluding hydrogens is 212 g/mol. The molecule has 2 heterocycles. The van der Waals surface area contributed by atoms with Crippen LogP contribution in [-0.2, 0) is 0 Å². The first-order chi connectivity index (χ1) is 8.24. The lowest BCUT2D eigenvalue weighted by Crippen LogP contribution is -2.52. The molecule has 1 aliphatic rings. The molecule has 4 nitrogen and oxygen atoms in total. The zero-order chi connectivity index (χ0) is 12.3. The van der Waals surface area contributed by atoms with Gasteiger partial charge < -0.3 is 4.90 Å². The highest BCUT2D eigenvalue weighted by Crippen LogP contribution is 2.17. The Morgan fingerprint density at radius 1 is 1.53 bits per heavy atom. The van der Waals surface area contributed by atoms with Gasteiger partial charge in [0, 0.05) is 31.9 Å². The Kier molecular flexibility index (Phi) is 3.60. The van der Waals surface area contributed by atoms with Gasteiger partial charge in [0.15, 0.2) is 0 Å². The molecule has 0 bridgehead atoms. The fourth-order valence-corrected chi connectivity index (χ4v) is 2.33. The molecule has 17 heavy (non-hydrogen) atoms. The molecule has 1 unspecified atom stereocenters. The van der Waals surface area contributed by atoms with Crippen LogP contribution in [0.5, 0.6) is 0 Å². The van der Waals surface area contributed by atoms with E-state index in [1.807, 2.05) is 6.07 Å². The molecule has 0 amide bonds. The Bertz CT molecular complexity index is 424. The quantitative estimate of drug-likeness (QED) is 0.772. The zero-order valence-electron chi connectivity index (χ0n) is 10.4. The van der Waals surface area contributed by atoms with Crippen LogP contribution in [0.25, 0.3) is 0 Å². The zero-order valence-corrected chi connectivity index (χ0v) is 10.4. The SMILES string of the molecule is CCN1CCN(c2cc(C#N)ccn2)CC1C. The van der Waals surface area contributed by atoms with Gasteiger partial charge in [-0.2, -0.15) is 5.26 Å². The predicted octanol–water partition coefficient (Wildman–Crippen LogP) is 1.48. The Balaban J connectivity index is 2.11. The van der Waals surface area contributed by atoms with E-state index in [0.717, 1.165) is 32.0 Å². The van der Waals surface area contributed by atoms with Crippen LogP contribution in [0.2, 0.25) is 0 Å². The van der Waals surface area contributed by atoms with Crippen molar-refractivity contribution in [3.05, 3.63) is 23.9 Å². The van der Waals surface area contributed by atoms with E-state index >= 15 is 0 Å². The highest BCUT2D eigenvalue weighted by Gasteiger charge is 2.23. The Morgan fingerprint density at radius 3 is 3.00 bits per heavy atom. The van der Waals surface area contributed by atoms with Gasteiger partial charge in [-0.15, -0.1) is 0 Å². The minimum atomic E-state index is 0.543. The van der Waals surface area contributed by atoms with Crippen LogP contribution in [0.1, 0.15) is 19.4 Å². The normalized spacial score (nSPS) is 21.2. The van der Waals surface area contributed by atoms with E-state index in [-0.39, 0.29) is 0 Å². The molecule has 4 heteroatoms. The Hall–Kier alpha value is -1.60. The molecule has 0 saturated carbocycles. The third-order valence-corrected chi connectivity index (χ3v) is 3.37. The van der Waals surface area contributed by atoms with Gasteiger partial charge in [-0.25, -0.2) is 4.98 Å². The third kappa shape index (κ3) is 2.56. The molecule has 1 atom stereocenters. The largest absolute Gasteiger partial charge is 0.354 e. The number of piperazine rings is 1. The first-order valence-corrected chi connectivity index (χ1v) is 6.09. The van der Waals surface area contributed by atoms with E-state index in [4.69, 9.17) is 5.26 Å². The van der Waals surface area contributed by atoms with E-state index < -0.39 is 0 Å². The van der Waals surface area contributed by atoms with Gasteiger partial charge in [0.25, 0.3) is 0 Å². The molecule has 1 saturated heterocycles. The van der Waals surface area contributed by atoms with Crippen LogP contribution in [0.15, 0.2) is 18.3 Å². The minimum absolute atomic E-state index is 0.543. The highest BCUT2D eigenvalue weighted by molar-refractivity contribution is 5.45. The maximum Gasteiger partial charge on any atom is 0.129 e. The average Bonchev–Trinajstić information content (AvgIpc) is 2.38. The molecule has 0 aliphatic carbocycles. The number of nitriles is 1. The van der Waals surface area contributed by atoms with Crippen molar-refractivity contribution in [2.24, 2.45) is 0 Å². The van der Waals surface area contributed by atoms with Crippen molar-refractivity contribution in [3.8, 4) is 6.07 Å². The van der Waals surface area contributed by atoms with E-state index in [0.29, 0.717) is 11.6 Å². The molecule has 0 aromatic carbocycles. The number of nitrogens with zero attached hydrogens (tertiary/aromatic N) is 4. The fourth-order valence-electron chi connectivity index (χ4n) is 2.33. The monoisotopic (exact) mass is 230 g/mol. The lowest BCUT2D eigenvalue weighted by Gasteiger charge is -2.39. The second-order valence-electron chi connectivity index (χ2n) is 4.44. The van der Waals surface area contributed by atoms with Gasteiger partial charge in [0.2, 0.25) is 0 Å². The minimum Gasteiger partial charge on any atom is -0.354 e. The van der Waals surface area contributed by atoms with Gasteiger partial charge in [-0.1, -0.05) is 6.92 Å². The second kappa shape index (κ2) is 5.15. The van der Waals surface area contributed by atoms with E-state index in [2.05, 4.69) is 34.7 Å². The summed E-state index contributed by atoms with van der Waals surface area (Å²) in [5.74, 6) is 0.923. The van der Waals surface area contributed by atoms with Crippen molar-refractivity contribution in [2.45, 2.75) is 19.9 Å².